The first-order valence-corrected chi connectivity index (χ1v) is 13.0. The van der Waals surface area contributed by atoms with Crippen LogP contribution in [0.15, 0.2) is 24.3 Å². The van der Waals surface area contributed by atoms with Crippen molar-refractivity contribution in [2.45, 2.75) is 76.9 Å². The maximum atomic E-state index is 11.9. The average Bonchev–Trinajstić information content (AvgIpc) is 3.37. The van der Waals surface area contributed by atoms with Crippen molar-refractivity contribution in [2.75, 3.05) is 13.2 Å². The van der Waals surface area contributed by atoms with Gasteiger partial charge in [0.15, 0.2) is 0 Å². The molecule has 0 bridgehead atoms. The highest BCUT2D eigenvalue weighted by Gasteiger charge is 2.42. The maximum Gasteiger partial charge on any atom is 0.348 e. The van der Waals surface area contributed by atoms with Crippen molar-refractivity contribution >= 4 is 17.3 Å². The number of rotatable bonds is 12. The minimum atomic E-state index is -0.522. The molecule has 182 valence electrons. The van der Waals surface area contributed by atoms with Crippen molar-refractivity contribution < 1.29 is 24.9 Å². The van der Waals surface area contributed by atoms with E-state index in [1.807, 2.05) is 18.2 Å². The van der Waals surface area contributed by atoms with Gasteiger partial charge in [-0.2, -0.15) is 5.26 Å². The van der Waals surface area contributed by atoms with Crippen LogP contribution in [0.1, 0.15) is 72.8 Å². The highest BCUT2D eigenvalue weighted by atomic mass is 32.1. The molecule has 0 aromatic carbocycles. The Labute approximate surface area is 200 Å². The minimum Gasteiger partial charge on any atom is -0.459 e. The number of ether oxygens (including phenoxy) is 1. The summed E-state index contributed by atoms with van der Waals surface area (Å²) in [6, 6.07) is 6.06. The first-order chi connectivity index (χ1) is 15.9. The summed E-state index contributed by atoms with van der Waals surface area (Å²) in [5.74, 6) is -0.548. The maximum absolute atomic E-state index is 11.9. The molecular weight excluding hydrogens is 438 g/mol. The molecule has 0 aliphatic heterocycles. The normalized spacial score (nSPS) is 27.2. The zero-order valence-electron chi connectivity index (χ0n) is 19.5. The standard InChI is InChI=1S/C26H37NO5S/c1-2-26(12-5-13-26)24(30)9-4-8-21-20(18(17-27)16-22(21)29)7-3-6-19-10-11-23(33-19)25(31)32-15-14-28/h4,8,10-11,18,20-22,24,28-30H,2-3,5-7,9,12-16H2,1H3/b8-4+/t18?,20-,21?,22+,24?/m0/s1. The van der Waals surface area contributed by atoms with Crippen molar-refractivity contribution in [2.24, 2.45) is 23.2 Å². The second-order valence-corrected chi connectivity index (χ2v) is 10.7. The number of hydrogen-bond acceptors (Lipinski definition) is 7. The number of hydrogen-bond donors (Lipinski definition) is 3. The van der Waals surface area contributed by atoms with Gasteiger partial charge in [-0.1, -0.05) is 25.5 Å². The van der Waals surface area contributed by atoms with E-state index in [1.54, 1.807) is 6.07 Å². The van der Waals surface area contributed by atoms with Crippen LogP contribution in [0.25, 0.3) is 0 Å². The molecule has 1 aromatic heterocycles. The van der Waals surface area contributed by atoms with Gasteiger partial charge < -0.3 is 20.1 Å². The van der Waals surface area contributed by atoms with Crippen LogP contribution in [0, 0.1) is 34.5 Å². The monoisotopic (exact) mass is 475 g/mol. The van der Waals surface area contributed by atoms with Gasteiger partial charge in [-0.25, -0.2) is 4.79 Å². The average molecular weight is 476 g/mol. The van der Waals surface area contributed by atoms with Crippen LogP contribution >= 0.6 is 11.3 Å². The Morgan fingerprint density at radius 1 is 1.42 bits per heavy atom. The molecule has 3 N–H and O–H groups in total. The molecule has 2 aliphatic rings. The van der Waals surface area contributed by atoms with E-state index in [0.717, 1.165) is 43.4 Å². The molecule has 1 heterocycles. The van der Waals surface area contributed by atoms with Gasteiger partial charge in [0.05, 0.1) is 30.8 Å². The fourth-order valence-corrected chi connectivity index (χ4v) is 6.41. The number of nitrogens with zero attached hydrogens (tertiary/aromatic N) is 1. The summed E-state index contributed by atoms with van der Waals surface area (Å²) in [6.45, 7) is 1.96. The van der Waals surface area contributed by atoms with E-state index < -0.39 is 12.1 Å². The second-order valence-electron chi connectivity index (χ2n) is 9.55. The molecule has 0 saturated heterocycles. The molecule has 1 aromatic rings. The summed E-state index contributed by atoms with van der Waals surface area (Å²) in [7, 11) is 0. The predicted octanol–water partition coefficient (Wildman–Crippen LogP) is 4.24. The molecule has 3 rings (SSSR count). The lowest BCUT2D eigenvalue weighted by molar-refractivity contribution is -0.0355. The SMILES string of the molecule is CCC1(C(O)C/C=C/C2[C@@H](CCCc3ccc(C(=O)OCCO)s3)C(C#N)C[C@H]2O)CCC1. The summed E-state index contributed by atoms with van der Waals surface area (Å²) in [5, 5.41) is 39.7. The highest BCUT2D eigenvalue weighted by Crippen LogP contribution is 2.48. The van der Waals surface area contributed by atoms with Crippen LogP contribution in [0.4, 0.5) is 0 Å². The predicted molar refractivity (Wildman–Crippen MR) is 128 cm³/mol. The number of esters is 1. The van der Waals surface area contributed by atoms with E-state index in [0.29, 0.717) is 17.7 Å². The Balaban J connectivity index is 1.53. The molecule has 2 fully saturated rings. The summed E-state index contributed by atoms with van der Waals surface area (Å²) < 4.78 is 4.96. The number of thiophene rings is 1. The number of nitriles is 1. The lowest BCUT2D eigenvalue weighted by Crippen LogP contribution is -2.40. The first-order valence-electron chi connectivity index (χ1n) is 12.2. The third kappa shape index (κ3) is 6.24. The lowest BCUT2D eigenvalue weighted by atomic mass is 9.63. The Morgan fingerprint density at radius 3 is 2.85 bits per heavy atom. The van der Waals surface area contributed by atoms with Gasteiger partial charge in [0, 0.05) is 10.8 Å². The summed E-state index contributed by atoms with van der Waals surface area (Å²) in [4.78, 5) is 13.5. The Kier molecular flexibility index (Phi) is 9.51. The summed E-state index contributed by atoms with van der Waals surface area (Å²) in [6.07, 6.45) is 11.2. The van der Waals surface area contributed by atoms with E-state index in [4.69, 9.17) is 9.84 Å². The fourth-order valence-electron chi connectivity index (χ4n) is 5.47. The van der Waals surface area contributed by atoms with Crippen molar-refractivity contribution in [3.05, 3.63) is 34.0 Å². The number of carbonyl (C=O) groups excluding carboxylic acids is 1. The topological polar surface area (TPSA) is 111 Å². The molecule has 2 aliphatic carbocycles. The van der Waals surface area contributed by atoms with Crippen molar-refractivity contribution in [1.82, 2.24) is 0 Å². The van der Waals surface area contributed by atoms with Gasteiger partial charge in [-0.05, 0) is 74.8 Å². The summed E-state index contributed by atoms with van der Waals surface area (Å²) >= 11 is 1.40. The molecule has 7 heteroatoms. The third-order valence-electron chi connectivity index (χ3n) is 7.74. The highest BCUT2D eigenvalue weighted by molar-refractivity contribution is 7.13. The number of aliphatic hydroxyl groups excluding tert-OH is 3. The van der Waals surface area contributed by atoms with Gasteiger partial charge in [0.1, 0.15) is 11.5 Å². The molecule has 0 spiro atoms. The molecule has 6 nitrogen and oxygen atoms in total. The van der Waals surface area contributed by atoms with E-state index in [2.05, 4.69) is 13.0 Å². The van der Waals surface area contributed by atoms with Crippen LogP contribution < -0.4 is 0 Å². The van der Waals surface area contributed by atoms with Gasteiger partial charge in [-0.15, -0.1) is 11.3 Å². The van der Waals surface area contributed by atoms with Gasteiger partial charge >= 0.3 is 5.97 Å². The first kappa shape index (κ1) is 25.9. The van der Waals surface area contributed by atoms with Crippen molar-refractivity contribution in [3.8, 4) is 6.07 Å². The van der Waals surface area contributed by atoms with Crippen LogP contribution in [0.2, 0.25) is 0 Å². The molecule has 5 atom stereocenters. The van der Waals surface area contributed by atoms with Crippen LogP contribution in [0.3, 0.4) is 0 Å². The molecular formula is C26H37NO5S. The molecule has 33 heavy (non-hydrogen) atoms. The fraction of sp³-hybridized carbons (Fsp3) is 0.692. The lowest BCUT2D eigenvalue weighted by Gasteiger charge is -2.45. The Hall–Kier alpha value is -1.72. The number of aliphatic hydroxyl groups is 3. The molecule has 3 unspecified atom stereocenters. The largest absolute Gasteiger partial charge is 0.459 e. The van der Waals surface area contributed by atoms with Crippen LogP contribution in [-0.4, -0.2) is 46.7 Å². The van der Waals surface area contributed by atoms with E-state index in [-0.39, 0.29) is 42.5 Å². The van der Waals surface area contributed by atoms with Crippen LogP contribution in [-0.2, 0) is 11.2 Å². The molecule has 0 amide bonds. The van der Waals surface area contributed by atoms with Gasteiger partial charge in [0.2, 0.25) is 0 Å². The molecule has 2 saturated carbocycles. The molecule has 0 radical (unpaired) electrons. The summed E-state index contributed by atoms with van der Waals surface area (Å²) in [5.41, 5.74) is 0.0668. The van der Waals surface area contributed by atoms with Crippen molar-refractivity contribution in [3.63, 3.8) is 0 Å². The smallest absolute Gasteiger partial charge is 0.348 e. The van der Waals surface area contributed by atoms with Crippen molar-refractivity contribution in [1.29, 1.82) is 5.26 Å². The van der Waals surface area contributed by atoms with Gasteiger partial charge in [0.25, 0.3) is 0 Å². The van der Waals surface area contributed by atoms with Gasteiger partial charge in [-0.3, -0.25) is 0 Å². The van der Waals surface area contributed by atoms with Crippen LogP contribution in [0.5, 0.6) is 0 Å². The second kappa shape index (κ2) is 12.1. The number of aryl methyl sites for hydroxylation is 1. The Morgan fingerprint density at radius 2 is 2.21 bits per heavy atom. The quantitative estimate of drug-likeness (QED) is 0.308. The van der Waals surface area contributed by atoms with E-state index in [1.165, 1.54) is 17.8 Å². The minimum absolute atomic E-state index is 0.00299. The van der Waals surface area contributed by atoms with E-state index >= 15 is 0 Å². The zero-order chi connectivity index (χ0) is 23.8. The zero-order valence-corrected chi connectivity index (χ0v) is 20.3. The third-order valence-corrected chi connectivity index (χ3v) is 8.87. The Bertz CT molecular complexity index is 834. The van der Waals surface area contributed by atoms with E-state index in [9.17, 15) is 20.3 Å². The number of carbonyl (C=O) groups is 1.